The molecule has 0 bridgehead atoms. The Labute approximate surface area is 122 Å². The van der Waals surface area contributed by atoms with Gasteiger partial charge in [0, 0.05) is 16.3 Å². The second-order valence-electron chi connectivity index (χ2n) is 4.60. The minimum absolute atomic E-state index is 0.159. The maximum atomic E-state index is 12.1. The molecule has 6 heteroatoms. The number of hydrogen-bond acceptors (Lipinski definition) is 3. The van der Waals surface area contributed by atoms with E-state index in [1.54, 1.807) is 11.3 Å². The Kier molecular flexibility index (Phi) is 5.76. The molecule has 0 spiro atoms. The molecule has 1 atom stereocenters. The molecule has 0 aliphatic carbocycles. The predicted molar refractivity (Wildman–Crippen MR) is 80.1 cm³/mol. The summed E-state index contributed by atoms with van der Waals surface area (Å²) in [7, 11) is 0. The first-order valence-electron chi connectivity index (χ1n) is 6.30. The maximum absolute atomic E-state index is 12.1. The standard InChI is InChI=1S/C14H20N2O3S/c1-5-6-16(8-13(17)18)14(19)15-10(3)12-7-9(2)20-11(12)4/h5,7,10H,1,6,8H2,2-4H3,(H,15,19)(H,17,18). The van der Waals surface area contributed by atoms with Crippen LogP contribution in [0.4, 0.5) is 4.79 Å². The van der Waals surface area contributed by atoms with Crippen molar-refractivity contribution in [3.05, 3.63) is 34.0 Å². The smallest absolute Gasteiger partial charge is 0.323 e. The number of urea groups is 1. The van der Waals surface area contributed by atoms with Crippen LogP contribution < -0.4 is 5.32 Å². The summed E-state index contributed by atoms with van der Waals surface area (Å²) >= 11 is 1.68. The zero-order chi connectivity index (χ0) is 15.3. The van der Waals surface area contributed by atoms with Crippen LogP contribution in [0.3, 0.4) is 0 Å². The summed E-state index contributed by atoms with van der Waals surface area (Å²) < 4.78 is 0. The third-order valence-corrected chi connectivity index (χ3v) is 3.83. The number of amides is 2. The van der Waals surface area contributed by atoms with E-state index in [9.17, 15) is 9.59 Å². The monoisotopic (exact) mass is 296 g/mol. The van der Waals surface area contributed by atoms with E-state index in [2.05, 4.69) is 11.9 Å². The van der Waals surface area contributed by atoms with Gasteiger partial charge in [-0.2, -0.15) is 0 Å². The highest BCUT2D eigenvalue weighted by atomic mass is 32.1. The number of carboxylic acids is 1. The van der Waals surface area contributed by atoms with Crippen LogP contribution in [0.5, 0.6) is 0 Å². The number of nitrogens with one attached hydrogen (secondary N) is 1. The lowest BCUT2D eigenvalue weighted by molar-refractivity contribution is -0.137. The lowest BCUT2D eigenvalue weighted by atomic mass is 10.1. The van der Waals surface area contributed by atoms with Crippen LogP contribution in [-0.2, 0) is 4.79 Å². The molecule has 0 fully saturated rings. The minimum atomic E-state index is -1.04. The van der Waals surface area contributed by atoms with Gasteiger partial charge in [-0.05, 0) is 32.4 Å². The first kappa shape index (κ1) is 16.2. The van der Waals surface area contributed by atoms with E-state index < -0.39 is 12.0 Å². The van der Waals surface area contributed by atoms with E-state index in [-0.39, 0.29) is 19.1 Å². The molecule has 0 saturated heterocycles. The van der Waals surface area contributed by atoms with Gasteiger partial charge in [0.15, 0.2) is 0 Å². The molecule has 0 radical (unpaired) electrons. The summed E-state index contributed by atoms with van der Waals surface area (Å²) in [5, 5.41) is 11.6. The van der Waals surface area contributed by atoms with E-state index in [0.29, 0.717) is 0 Å². The molecule has 1 unspecified atom stereocenters. The van der Waals surface area contributed by atoms with Gasteiger partial charge >= 0.3 is 12.0 Å². The molecule has 20 heavy (non-hydrogen) atoms. The molecule has 1 aromatic heterocycles. The Morgan fingerprint density at radius 1 is 1.55 bits per heavy atom. The molecule has 5 nitrogen and oxygen atoms in total. The summed E-state index contributed by atoms with van der Waals surface area (Å²) in [6.07, 6.45) is 1.51. The van der Waals surface area contributed by atoms with Crippen molar-refractivity contribution in [3.63, 3.8) is 0 Å². The molecule has 110 valence electrons. The number of nitrogens with zero attached hydrogens (tertiary/aromatic N) is 1. The van der Waals surface area contributed by atoms with Crippen LogP contribution in [-0.4, -0.2) is 35.1 Å². The largest absolute Gasteiger partial charge is 0.480 e. The summed E-state index contributed by atoms with van der Waals surface area (Å²) in [6.45, 7) is 9.31. The van der Waals surface area contributed by atoms with Crippen molar-refractivity contribution in [1.29, 1.82) is 0 Å². The predicted octanol–water partition coefficient (Wildman–Crippen LogP) is 2.71. The lowest BCUT2D eigenvalue weighted by Crippen LogP contribution is -2.43. The quantitative estimate of drug-likeness (QED) is 0.793. The van der Waals surface area contributed by atoms with E-state index in [4.69, 9.17) is 5.11 Å². The fourth-order valence-corrected chi connectivity index (χ4v) is 3.00. The number of hydrogen-bond donors (Lipinski definition) is 2. The van der Waals surface area contributed by atoms with Gasteiger partial charge in [0.1, 0.15) is 6.54 Å². The van der Waals surface area contributed by atoms with Crippen molar-refractivity contribution < 1.29 is 14.7 Å². The van der Waals surface area contributed by atoms with Crippen LogP contribution >= 0.6 is 11.3 Å². The number of carboxylic acid groups (broad SMARTS) is 1. The highest BCUT2D eigenvalue weighted by Crippen LogP contribution is 2.26. The number of carbonyl (C=O) groups is 2. The topological polar surface area (TPSA) is 69.6 Å². The highest BCUT2D eigenvalue weighted by molar-refractivity contribution is 7.12. The van der Waals surface area contributed by atoms with Crippen molar-refractivity contribution in [3.8, 4) is 0 Å². The Morgan fingerprint density at radius 2 is 2.20 bits per heavy atom. The van der Waals surface area contributed by atoms with Crippen LogP contribution in [0.15, 0.2) is 18.7 Å². The molecule has 1 heterocycles. The third-order valence-electron chi connectivity index (χ3n) is 2.85. The average Bonchev–Trinajstić information content (AvgIpc) is 2.67. The summed E-state index contributed by atoms with van der Waals surface area (Å²) in [5.74, 6) is -1.04. The normalized spacial score (nSPS) is 11.8. The summed E-state index contributed by atoms with van der Waals surface area (Å²) in [6, 6.07) is 1.48. The molecule has 2 N–H and O–H groups in total. The minimum Gasteiger partial charge on any atom is -0.480 e. The molecule has 0 saturated carbocycles. The van der Waals surface area contributed by atoms with Crippen molar-refractivity contribution in [2.24, 2.45) is 0 Å². The zero-order valence-corrected chi connectivity index (χ0v) is 12.8. The van der Waals surface area contributed by atoms with Gasteiger partial charge in [-0.3, -0.25) is 4.79 Å². The number of aliphatic carboxylic acids is 1. The SMILES string of the molecule is C=CCN(CC(=O)O)C(=O)NC(C)c1cc(C)sc1C. The molecule has 1 aromatic rings. The third kappa shape index (κ3) is 4.38. The van der Waals surface area contributed by atoms with Gasteiger partial charge in [-0.1, -0.05) is 6.08 Å². The van der Waals surface area contributed by atoms with E-state index in [1.807, 2.05) is 26.8 Å². The van der Waals surface area contributed by atoms with E-state index >= 15 is 0 Å². The van der Waals surface area contributed by atoms with Crippen molar-refractivity contribution >= 4 is 23.3 Å². The number of aryl methyl sites for hydroxylation is 2. The van der Waals surface area contributed by atoms with Gasteiger partial charge in [-0.25, -0.2) is 4.79 Å². The second-order valence-corrected chi connectivity index (χ2v) is 6.06. The molecule has 0 aliphatic rings. The van der Waals surface area contributed by atoms with E-state index in [0.717, 1.165) is 10.4 Å². The average molecular weight is 296 g/mol. The summed E-state index contributed by atoms with van der Waals surface area (Å²) in [5.41, 5.74) is 1.06. The molecular formula is C14H20N2O3S. The van der Waals surface area contributed by atoms with Crippen molar-refractivity contribution in [1.82, 2.24) is 10.2 Å². The van der Waals surface area contributed by atoms with Crippen LogP contribution in [0.2, 0.25) is 0 Å². The first-order valence-corrected chi connectivity index (χ1v) is 7.11. The van der Waals surface area contributed by atoms with Crippen LogP contribution in [0.1, 0.15) is 28.3 Å². The van der Waals surface area contributed by atoms with Gasteiger partial charge < -0.3 is 15.3 Å². The zero-order valence-electron chi connectivity index (χ0n) is 12.0. The Hall–Kier alpha value is -1.82. The fraction of sp³-hybridized carbons (Fsp3) is 0.429. The molecule has 0 aliphatic heterocycles. The first-order chi connectivity index (χ1) is 9.35. The van der Waals surface area contributed by atoms with Gasteiger partial charge in [0.2, 0.25) is 0 Å². The Balaban J connectivity index is 2.74. The summed E-state index contributed by atoms with van der Waals surface area (Å²) in [4.78, 5) is 26.4. The number of carbonyl (C=O) groups excluding carboxylic acids is 1. The van der Waals surface area contributed by atoms with Crippen LogP contribution in [0, 0.1) is 13.8 Å². The lowest BCUT2D eigenvalue weighted by Gasteiger charge is -2.22. The molecule has 1 rings (SSSR count). The Bertz CT molecular complexity index is 511. The second kappa shape index (κ2) is 7.09. The van der Waals surface area contributed by atoms with Crippen molar-refractivity contribution in [2.45, 2.75) is 26.8 Å². The van der Waals surface area contributed by atoms with E-state index in [1.165, 1.54) is 15.9 Å². The maximum Gasteiger partial charge on any atom is 0.323 e. The molecule has 2 amide bonds. The highest BCUT2D eigenvalue weighted by Gasteiger charge is 2.19. The fourth-order valence-electron chi connectivity index (χ4n) is 1.97. The number of thiophene rings is 1. The number of rotatable bonds is 6. The van der Waals surface area contributed by atoms with Gasteiger partial charge in [0.25, 0.3) is 0 Å². The Morgan fingerprint density at radius 3 is 2.65 bits per heavy atom. The van der Waals surface area contributed by atoms with Crippen LogP contribution in [0.25, 0.3) is 0 Å². The van der Waals surface area contributed by atoms with Gasteiger partial charge in [-0.15, -0.1) is 17.9 Å². The molecular weight excluding hydrogens is 276 g/mol. The van der Waals surface area contributed by atoms with Gasteiger partial charge in [0.05, 0.1) is 6.04 Å². The molecule has 0 aromatic carbocycles. The van der Waals surface area contributed by atoms with Crippen molar-refractivity contribution in [2.75, 3.05) is 13.1 Å².